The standard InChI is InChI=1S/C9H15N3O2/c1-6-7(5-12(3)11-6)8(10-2)9(13)14-4/h5,8,10H,1-4H3. The molecule has 0 aromatic carbocycles. The van der Waals surface area contributed by atoms with E-state index >= 15 is 0 Å². The quantitative estimate of drug-likeness (QED) is 0.701. The molecule has 1 aromatic heterocycles. The Morgan fingerprint density at radius 3 is 2.71 bits per heavy atom. The predicted molar refractivity (Wildman–Crippen MR) is 51.8 cm³/mol. The van der Waals surface area contributed by atoms with Gasteiger partial charge in [0.15, 0.2) is 0 Å². The number of nitrogens with zero attached hydrogens (tertiary/aromatic N) is 2. The molecule has 14 heavy (non-hydrogen) atoms. The molecule has 1 N–H and O–H groups in total. The van der Waals surface area contributed by atoms with E-state index in [0.29, 0.717) is 0 Å². The summed E-state index contributed by atoms with van der Waals surface area (Å²) >= 11 is 0. The maximum Gasteiger partial charge on any atom is 0.327 e. The van der Waals surface area contributed by atoms with Gasteiger partial charge < -0.3 is 10.1 Å². The summed E-state index contributed by atoms with van der Waals surface area (Å²) in [7, 11) is 4.91. The van der Waals surface area contributed by atoms with Gasteiger partial charge in [0.1, 0.15) is 6.04 Å². The molecule has 0 saturated heterocycles. The Morgan fingerprint density at radius 2 is 2.36 bits per heavy atom. The zero-order valence-corrected chi connectivity index (χ0v) is 8.87. The van der Waals surface area contributed by atoms with E-state index in [1.165, 1.54) is 7.11 Å². The third kappa shape index (κ3) is 1.93. The molecule has 1 rings (SSSR count). The van der Waals surface area contributed by atoms with Gasteiger partial charge in [0.2, 0.25) is 0 Å². The van der Waals surface area contributed by atoms with Gasteiger partial charge in [-0.2, -0.15) is 5.10 Å². The molecule has 0 saturated carbocycles. The van der Waals surface area contributed by atoms with Crippen LogP contribution in [0.15, 0.2) is 6.20 Å². The highest BCUT2D eigenvalue weighted by Crippen LogP contribution is 2.16. The maximum atomic E-state index is 11.4. The van der Waals surface area contributed by atoms with Gasteiger partial charge in [-0.15, -0.1) is 0 Å². The molecule has 5 nitrogen and oxygen atoms in total. The molecule has 0 aliphatic heterocycles. The van der Waals surface area contributed by atoms with Gasteiger partial charge in [0.25, 0.3) is 0 Å². The Morgan fingerprint density at radius 1 is 1.71 bits per heavy atom. The minimum absolute atomic E-state index is 0.302. The first-order valence-corrected chi connectivity index (χ1v) is 4.35. The summed E-state index contributed by atoms with van der Waals surface area (Å²) < 4.78 is 6.36. The van der Waals surface area contributed by atoms with E-state index in [0.717, 1.165) is 11.3 Å². The summed E-state index contributed by atoms with van der Waals surface area (Å²) in [5.74, 6) is -0.302. The van der Waals surface area contributed by atoms with Crippen molar-refractivity contribution in [2.45, 2.75) is 13.0 Å². The monoisotopic (exact) mass is 197 g/mol. The number of carbonyl (C=O) groups excluding carboxylic acids is 1. The average Bonchev–Trinajstić information content (AvgIpc) is 2.47. The van der Waals surface area contributed by atoms with Crippen LogP contribution in [0.2, 0.25) is 0 Å². The molecular formula is C9H15N3O2. The maximum absolute atomic E-state index is 11.4. The second-order valence-corrected chi connectivity index (χ2v) is 3.09. The topological polar surface area (TPSA) is 56.1 Å². The number of hydrogen-bond acceptors (Lipinski definition) is 4. The summed E-state index contributed by atoms with van der Waals surface area (Å²) in [5, 5.41) is 7.06. The first-order chi connectivity index (χ1) is 6.60. The second-order valence-electron chi connectivity index (χ2n) is 3.09. The third-order valence-electron chi connectivity index (χ3n) is 2.09. The number of ether oxygens (including phenoxy) is 1. The van der Waals surface area contributed by atoms with Gasteiger partial charge in [0, 0.05) is 18.8 Å². The first kappa shape index (κ1) is 10.7. The van der Waals surface area contributed by atoms with Crippen molar-refractivity contribution >= 4 is 5.97 Å². The number of carbonyl (C=O) groups is 1. The summed E-state index contributed by atoms with van der Waals surface area (Å²) in [6.07, 6.45) is 1.81. The van der Waals surface area contributed by atoms with Crippen molar-refractivity contribution < 1.29 is 9.53 Å². The Kier molecular flexibility index (Phi) is 3.24. The minimum atomic E-state index is -0.436. The number of aromatic nitrogens is 2. The number of rotatable bonds is 3. The van der Waals surface area contributed by atoms with Gasteiger partial charge in [0.05, 0.1) is 12.8 Å². The Labute approximate surface area is 83.1 Å². The van der Waals surface area contributed by atoms with Gasteiger partial charge in [-0.3, -0.25) is 4.68 Å². The zero-order chi connectivity index (χ0) is 10.7. The van der Waals surface area contributed by atoms with Crippen molar-refractivity contribution in [1.29, 1.82) is 0 Å². The predicted octanol–water partition coefficient (Wildman–Crippen LogP) is 0.162. The SMILES string of the molecule is CNC(C(=O)OC)c1cn(C)nc1C. The molecular weight excluding hydrogens is 182 g/mol. The van der Waals surface area contributed by atoms with E-state index in [4.69, 9.17) is 0 Å². The highest BCUT2D eigenvalue weighted by atomic mass is 16.5. The largest absolute Gasteiger partial charge is 0.468 e. The van der Waals surface area contributed by atoms with E-state index < -0.39 is 6.04 Å². The number of nitrogens with one attached hydrogen (secondary N) is 1. The van der Waals surface area contributed by atoms with Crippen LogP contribution in [0, 0.1) is 6.92 Å². The van der Waals surface area contributed by atoms with Crippen molar-refractivity contribution in [3.8, 4) is 0 Å². The van der Waals surface area contributed by atoms with Crippen molar-refractivity contribution in [2.75, 3.05) is 14.2 Å². The zero-order valence-electron chi connectivity index (χ0n) is 8.87. The summed E-state index contributed by atoms with van der Waals surface area (Å²) in [4.78, 5) is 11.4. The molecule has 0 radical (unpaired) electrons. The lowest BCUT2D eigenvalue weighted by molar-refractivity contribution is -0.143. The number of methoxy groups -OCH3 is 1. The fourth-order valence-corrected chi connectivity index (χ4v) is 1.42. The molecule has 1 aromatic rings. The molecule has 0 spiro atoms. The molecule has 0 aliphatic carbocycles. The number of likely N-dealkylation sites (N-methyl/N-ethyl adjacent to an activating group) is 1. The minimum Gasteiger partial charge on any atom is -0.468 e. The molecule has 1 atom stereocenters. The molecule has 1 unspecified atom stereocenters. The smallest absolute Gasteiger partial charge is 0.327 e. The molecule has 1 heterocycles. The van der Waals surface area contributed by atoms with E-state index in [1.807, 2.05) is 20.2 Å². The Bertz CT molecular complexity index is 333. The van der Waals surface area contributed by atoms with Gasteiger partial charge in [-0.05, 0) is 14.0 Å². The summed E-state index contributed by atoms with van der Waals surface area (Å²) in [6, 6.07) is -0.436. The van der Waals surface area contributed by atoms with Crippen molar-refractivity contribution in [2.24, 2.45) is 7.05 Å². The number of hydrogen-bond donors (Lipinski definition) is 1. The van der Waals surface area contributed by atoms with Crippen LogP contribution in [-0.2, 0) is 16.6 Å². The first-order valence-electron chi connectivity index (χ1n) is 4.35. The second kappa shape index (κ2) is 4.23. The number of aryl methyl sites for hydroxylation is 2. The highest BCUT2D eigenvalue weighted by molar-refractivity contribution is 5.77. The van der Waals surface area contributed by atoms with Crippen LogP contribution in [0.3, 0.4) is 0 Å². The van der Waals surface area contributed by atoms with Crippen LogP contribution in [-0.4, -0.2) is 29.9 Å². The summed E-state index contributed by atoms with van der Waals surface area (Å²) in [6.45, 7) is 1.86. The lowest BCUT2D eigenvalue weighted by Gasteiger charge is -2.12. The van der Waals surface area contributed by atoms with Gasteiger partial charge in [-0.25, -0.2) is 4.79 Å². The fourth-order valence-electron chi connectivity index (χ4n) is 1.42. The van der Waals surface area contributed by atoms with E-state index in [9.17, 15) is 4.79 Å². The van der Waals surface area contributed by atoms with Crippen LogP contribution in [0.4, 0.5) is 0 Å². The van der Waals surface area contributed by atoms with Crippen molar-refractivity contribution in [3.05, 3.63) is 17.5 Å². The van der Waals surface area contributed by atoms with E-state index in [-0.39, 0.29) is 5.97 Å². The van der Waals surface area contributed by atoms with Gasteiger partial charge in [-0.1, -0.05) is 0 Å². The van der Waals surface area contributed by atoms with E-state index in [2.05, 4.69) is 15.2 Å². The highest BCUT2D eigenvalue weighted by Gasteiger charge is 2.22. The average molecular weight is 197 g/mol. The van der Waals surface area contributed by atoms with Crippen LogP contribution >= 0.6 is 0 Å². The number of esters is 1. The fraction of sp³-hybridized carbons (Fsp3) is 0.556. The molecule has 0 amide bonds. The van der Waals surface area contributed by atoms with Crippen LogP contribution in [0.1, 0.15) is 17.3 Å². The normalized spacial score (nSPS) is 12.6. The summed E-state index contributed by atoms with van der Waals surface area (Å²) in [5.41, 5.74) is 1.68. The van der Waals surface area contributed by atoms with Crippen molar-refractivity contribution in [1.82, 2.24) is 15.1 Å². The lowest BCUT2D eigenvalue weighted by Crippen LogP contribution is -2.26. The molecule has 78 valence electrons. The van der Waals surface area contributed by atoms with E-state index in [1.54, 1.807) is 11.7 Å². The van der Waals surface area contributed by atoms with Gasteiger partial charge >= 0.3 is 5.97 Å². The molecule has 0 fully saturated rings. The third-order valence-corrected chi connectivity index (χ3v) is 2.09. The van der Waals surface area contributed by atoms with Crippen LogP contribution in [0.5, 0.6) is 0 Å². The van der Waals surface area contributed by atoms with Crippen LogP contribution < -0.4 is 5.32 Å². The molecule has 0 aliphatic rings. The van der Waals surface area contributed by atoms with Crippen LogP contribution in [0.25, 0.3) is 0 Å². The van der Waals surface area contributed by atoms with Crippen molar-refractivity contribution in [3.63, 3.8) is 0 Å². The lowest BCUT2D eigenvalue weighted by atomic mass is 10.1. The Balaban J connectivity index is 3.00. The molecule has 0 bridgehead atoms. The Hall–Kier alpha value is -1.36. The molecule has 5 heteroatoms.